The van der Waals surface area contributed by atoms with E-state index < -0.39 is 17.9 Å². The largest absolute Gasteiger partial charge is 0.480 e. The third kappa shape index (κ3) is 12.5. The topological polar surface area (TPSA) is 87.2 Å². The molecule has 1 N–H and O–H groups in total. The highest BCUT2D eigenvalue weighted by molar-refractivity contribution is 5.84. The molecular weight excluding hydrogens is 516 g/mol. The second kappa shape index (κ2) is 20.3. The number of benzene rings is 1. The minimum absolute atomic E-state index is 0.247. The van der Waals surface area contributed by atoms with Gasteiger partial charge in [0.2, 0.25) is 0 Å². The second-order valence-corrected chi connectivity index (χ2v) is 11.6. The second-order valence-electron chi connectivity index (χ2n) is 11.6. The number of ether oxygens (including phenoxy) is 1. The third-order valence-corrected chi connectivity index (χ3v) is 8.40. The van der Waals surface area contributed by atoms with Crippen LogP contribution in [-0.4, -0.2) is 58.6 Å². The molecule has 0 fully saturated rings. The SMILES string of the molecule is CCCCCCCCCCCCCCCC[C@@H](CN(CC)C(=O)N1Cc2ccccc2C[C@H]1C(=O)O)C(=O)OCC. The van der Waals surface area contributed by atoms with Crippen LogP contribution in [0.4, 0.5) is 4.79 Å². The number of carbonyl (C=O) groups excluding carboxylic acids is 2. The molecule has 0 unspecified atom stereocenters. The molecule has 0 spiro atoms. The highest BCUT2D eigenvalue weighted by Crippen LogP contribution is 2.26. The van der Waals surface area contributed by atoms with E-state index in [0.29, 0.717) is 19.6 Å². The van der Waals surface area contributed by atoms with Crippen LogP contribution in [-0.2, 0) is 27.3 Å². The van der Waals surface area contributed by atoms with E-state index in [9.17, 15) is 19.5 Å². The monoisotopic (exact) mass is 572 g/mol. The van der Waals surface area contributed by atoms with Crippen LogP contribution in [0, 0.1) is 5.92 Å². The van der Waals surface area contributed by atoms with Crippen LogP contribution in [0.5, 0.6) is 0 Å². The fourth-order valence-corrected chi connectivity index (χ4v) is 5.86. The molecule has 0 aliphatic carbocycles. The lowest BCUT2D eigenvalue weighted by Crippen LogP contribution is -2.54. The van der Waals surface area contributed by atoms with E-state index in [1.807, 2.05) is 31.2 Å². The van der Waals surface area contributed by atoms with Crippen LogP contribution in [0.15, 0.2) is 24.3 Å². The van der Waals surface area contributed by atoms with Gasteiger partial charge in [-0.15, -0.1) is 0 Å². The number of rotatable bonds is 21. The number of aliphatic carboxylic acids is 1. The predicted molar refractivity (Wildman–Crippen MR) is 165 cm³/mol. The molecule has 2 atom stereocenters. The number of unbranched alkanes of at least 4 members (excludes halogenated alkanes) is 13. The van der Waals surface area contributed by atoms with Crippen molar-refractivity contribution in [2.24, 2.45) is 5.92 Å². The van der Waals surface area contributed by atoms with Crippen LogP contribution in [0.25, 0.3) is 0 Å². The molecule has 0 bridgehead atoms. The fraction of sp³-hybridized carbons (Fsp3) is 0.735. The van der Waals surface area contributed by atoms with Crippen molar-refractivity contribution in [2.75, 3.05) is 19.7 Å². The Kier molecular flexibility index (Phi) is 17.2. The number of hydrogen-bond acceptors (Lipinski definition) is 4. The predicted octanol–water partition coefficient (Wildman–Crippen LogP) is 7.99. The van der Waals surface area contributed by atoms with Gasteiger partial charge in [-0.1, -0.05) is 121 Å². The van der Waals surface area contributed by atoms with E-state index in [0.717, 1.165) is 30.4 Å². The normalized spacial score (nSPS) is 15.3. The smallest absolute Gasteiger partial charge is 0.326 e. The van der Waals surface area contributed by atoms with Gasteiger partial charge in [0, 0.05) is 26.1 Å². The van der Waals surface area contributed by atoms with Crippen molar-refractivity contribution in [3.05, 3.63) is 35.4 Å². The first-order valence-corrected chi connectivity index (χ1v) is 16.4. The van der Waals surface area contributed by atoms with Crippen molar-refractivity contribution < 1.29 is 24.2 Å². The van der Waals surface area contributed by atoms with Crippen LogP contribution in [0.2, 0.25) is 0 Å². The molecule has 1 aromatic rings. The standard InChI is InChI=1S/C34H56N2O5/c1-4-7-8-9-10-11-12-13-14-15-16-17-18-19-24-30(33(39)41-6-3)26-35(5-2)34(40)36-27-29-23-21-20-22-28(29)25-31(36)32(37)38/h20-23,30-31H,4-19,24-27H2,1-3H3,(H,37,38)/t30-,31-/m0/s1. The molecule has 0 saturated heterocycles. The summed E-state index contributed by atoms with van der Waals surface area (Å²) in [5.74, 6) is -1.68. The molecule has 1 aliphatic rings. The number of urea groups is 1. The molecule has 0 radical (unpaired) electrons. The zero-order chi connectivity index (χ0) is 29.9. The Hall–Kier alpha value is -2.57. The molecule has 232 valence electrons. The third-order valence-electron chi connectivity index (χ3n) is 8.40. The lowest BCUT2D eigenvalue weighted by Gasteiger charge is -2.38. The van der Waals surface area contributed by atoms with Gasteiger partial charge in [-0.05, 0) is 31.4 Å². The number of carbonyl (C=O) groups is 3. The van der Waals surface area contributed by atoms with Gasteiger partial charge in [0.05, 0.1) is 12.5 Å². The zero-order valence-corrected chi connectivity index (χ0v) is 26.1. The lowest BCUT2D eigenvalue weighted by molar-refractivity contribution is -0.149. The van der Waals surface area contributed by atoms with Crippen molar-refractivity contribution in [2.45, 2.75) is 136 Å². The number of nitrogens with zero attached hydrogens (tertiary/aromatic N) is 2. The summed E-state index contributed by atoms with van der Waals surface area (Å²) in [6.45, 7) is 7.14. The molecule has 7 nitrogen and oxygen atoms in total. The summed E-state index contributed by atoms with van der Waals surface area (Å²) in [5.41, 5.74) is 1.94. The molecular formula is C34H56N2O5. The molecule has 2 amide bonds. The molecule has 0 saturated carbocycles. The van der Waals surface area contributed by atoms with Crippen LogP contribution >= 0.6 is 0 Å². The average molecular weight is 573 g/mol. The Bertz CT molecular complexity index is 905. The molecule has 41 heavy (non-hydrogen) atoms. The lowest BCUT2D eigenvalue weighted by atomic mass is 9.94. The molecule has 2 rings (SSSR count). The van der Waals surface area contributed by atoms with Gasteiger partial charge < -0.3 is 19.6 Å². The summed E-state index contributed by atoms with van der Waals surface area (Å²) in [6, 6.07) is 6.43. The number of carboxylic acid groups (broad SMARTS) is 1. The van der Waals surface area contributed by atoms with E-state index in [-0.39, 0.29) is 31.5 Å². The van der Waals surface area contributed by atoms with E-state index in [1.165, 1.54) is 75.5 Å². The van der Waals surface area contributed by atoms with Crippen LogP contribution < -0.4 is 0 Å². The van der Waals surface area contributed by atoms with Crippen molar-refractivity contribution in [3.63, 3.8) is 0 Å². The average Bonchev–Trinajstić information content (AvgIpc) is 2.97. The number of fused-ring (bicyclic) bond motifs is 1. The summed E-state index contributed by atoms with van der Waals surface area (Å²) < 4.78 is 5.37. The van der Waals surface area contributed by atoms with E-state index in [4.69, 9.17) is 4.74 Å². The maximum atomic E-state index is 13.6. The van der Waals surface area contributed by atoms with Gasteiger partial charge in [0.25, 0.3) is 0 Å². The van der Waals surface area contributed by atoms with Crippen molar-refractivity contribution in [1.29, 1.82) is 0 Å². The molecule has 1 aliphatic heterocycles. The Morgan fingerprint density at radius 1 is 0.854 bits per heavy atom. The number of esters is 1. The van der Waals surface area contributed by atoms with Gasteiger partial charge in [-0.25, -0.2) is 9.59 Å². The van der Waals surface area contributed by atoms with Gasteiger partial charge in [-0.3, -0.25) is 4.79 Å². The minimum atomic E-state index is -1.01. The Morgan fingerprint density at radius 2 is 1.39 bits per heavy atom. The Balaban J connectivity index is 1.79. The number of carboxylic acids is 1. The van der Waals surface area contributed by atoms with E-state index >= 15 is 0 Å². The van der Waals surface area contributed by atoms with E-state index in [2.05, 4.69) is 6.92 Å². The summed E-state index contributed by atoms with van der Waals surface area (Å²) in [4.78, 5) is 41.6. The van der Waals surface area contributed by atoms with Crippen molar-refractivity contribution in [1.82, 2.24) is 9.80 Å². The maximum absolute atomic E-state index is 13.6. The fourth-order valence-electron chi connectivity index (χ4n) is 5.86. The highest BCUT2D eigenvalue weighted by Gasteiger charge is 2.37. The maximum Gasteiger partial charge on any atom is 0.326 e. The zero-order valence-electron chi connectivity index (χ0n) is 26.1. The number of hydrogen-bond donors (Lipinski definition) is 1. The highest BCUT2D eigenvalue weighted by atomic mass is 16.5. The molecule has 7 heteroatoms. The quantitative estimate of drug-likeness (QED) is 0.119. The molecule has 1 aromatic carbocycles. The van der Waals surface area contributed by atoms with Gasteiger partial charge >= 0.3 is 18.0 Å². The van der Waals surface area contributed by atoms with Crippen molar-refractivity contribution >= 4 is 18.0 Å². The van der Waals surface area contributed by atoms with Gasteiger partial charge in [-0.2, -0.15) is 0 Å². The van der Waals surface area contributed by atoms with Crippen molar-refractivity contribution in [3.8, 4) is 0 Å². The summed E-state index contributed by atoms with van der Waals surface area (Å²) in [5, 5.41) is 9.89. The Morgan fingerprint density at radius 3 is 1.90 bits per heavy atom. The van der Waals surface area contributed by atoms with Crippen LogP contribution in [0.1, 0.15) is 128 Å². The Labute approximate surface area is 249 Å². The van der Waals surface area contributed by atoms with Gasteiger partial charge in [0.1, 0.15) is 6.04 Å². The van der Waals surface area contributed by atoms with Crippen LogP contribution in [0.3, 0.4) is 0 Å². The summed E-state index contributed by atoms with van der Waals surface area (Å²) in [6.07, 6.45) is 18.8. The molecule has 0 aromatic heterocycles. The first-order valence-electron chi connectivity index (χ1n) is 16.4. The summed E-state index contributed by atoms with van der Waals surface area (Å²) in [7, 11) is 0. The summed E-state index contributed by atoms with van der Waals surface area (Å²) >= 11 is 0. The first-order chi connectivity index (χ1) is 19.9. The van der Waals surface area contributed by atoms with E-state index in [1.54, 1.807) is 11.8 Å². The number of amides is 2. The first kappa shape index (κ1) is 34.6. The van der Waals surface area contributed by atoms with Gasteiger partial charge in [0.15, 0.2) is 0 Å². The molecule has 1 heterocycles. The minimum Gasteiger partial charge on any atom is -0.480 e.